The zero-order valence-electron chi connectivity index (χ0n) is 18.7. The number of anilines is 1. The van der Waals surface area contributed by atoms with Crippen LogP contribution in [0.3, 0.4) is 0 Å². The zero-order chi connectivity index (χ0) is 23.5. The number of aromatic nitrogens is 1. The molecule has 0 aliphatic carbocycles. The third-order valence-electron chi connectivity index (χ3n) is 6.08. The number of hydrogen-bond donors (Lipinski definition) is 3. The van der Waals surface area contributed by atoms with Gasteiger partial charge < -0.3 is 21.1 Å². The number of benzene rings is 2. The number of nitrogen functional groups attached to an aromatic ring is 1. The molecule has 0 unspecified atom stereocenters. The number of amides is 1. The highest BCUT2D eigenvalue weighted by Gasteiger charge is 2.20. The smallest absolute Gasteiger partial charge is 0.251 e. The van der Waals surface area contributed by atoms with Crippen molar-refractivity contribution in [1.29, 1.82) is 0 Å². The molecule has 4 N–H and O–H groups in total. The molecule has 0 bridgehead atoms. The lowest BCUT2D eigenvalue weighted by molar-refractivity contribution is -0.115. The number of nitrogens with zero attached hydrogens (tertiary/aromatic N) is 1. The van der Waals surface area contributed by atoms with Crippen molar-refractivity contribution in [2.75, 3.05) is 25.4 Å². The Morgan fingerprint density at radius 2 is 1.94 bits per heavy atom. The fourth-order valence-electron chi connectivity index (χ4n) is 4.18. The lowest BCUT2D eigenvalue weighted by Gasteiger charge is -2.12. The van der Waals surface area contributed by atoms with Crippen LogP contribution in [0.5, 0.6) is 11.5 Å². The summed E-state index contributed by atoms with van der Waals surface area (Å²) < 4.78 is 6.82. The van der Waals surface area contributed by atoms with Crippen LogP contribution in [0.25, 0.3) is 26.8 Å². The topological polar surface area (TPSA) is 89.3 Å². The fourth-order valence-corrected chi connectivity index (χ4v) is 5.30. The highest BCUT2D eigenvalue weighted by Crippen LogP contribution is 2.40. The van der Waals surface area contributed by atoms with Gasteiger partial charge in [-0.2, -0.15) is 0 Å². The summed E-state index contributed by atoms with van der Waals surface area (Å²) in [5.41, 5.74) is 9.39. The van der Waals surface area contributed by atoms with Crippen LogP contribution in [0, 0.1) is 5.92 Å². The van der Waals surface area contributed by atoms with Crippen LogP contribution < -0.4 is 21.1 Å². The molecule has 6 nitrogen and oxygen atoms in total. The Kier molecular flexibility index (Phi) is 6.29. The molecule has 1 amide bonds. The van der Waals surface area contributed by atoms with Gasteiger partial charge in [0.15, 0.2) is 0 Å². The molecular formula is C27H26N4O2S. The highest BCUT2D eigenvalue weighted by molar-refractivity contribution is 7.18. The Labute approximate surface area is 202 Å². The van der Waals surface area contributed by atoms with Crippen molar-refractivity contribution in [3.63, 3.8) is 0 Å². The number of fused-ring (bicyclic) bond motifs is 1. The maximum atomic E-state index is 12.8. The largest absolute Gasteiger partial charge is 0.457 e. The van der Waals surface area contributed by atoms with Crippen molar-refractivity contribution in [3.05, 3.63) is 78.3 Å². The van der Waals surface area contributed by atoms with E-state index in [4.69, 9.17) is 10.5 Å². The van der Waals surface area contributed by atoms with Crippen molar-refractivity contribution in [2.45, 2.75) is 6.42 Å². The summed E-state index contributed by atoms with van der Waals surface area (Å²) in [6.45, 7) is 6.64. The zero-order valence-corrected chi connectivity index (χ0v) is 19.5. The lowest BCUT2D eigenvalue weighted by atomic mass is 10.0. The first-order valence-corrected chi connectivity index (χ1v) is 12.2. The first-order valence-electron chi connectivity index (χ1n) is 11.3. The van der Waals surface area contributed by atoms with E-state index in [1.807, 2.05) is 54.6 Å². The van der Waals surface area contributed by atoms with Crippen LogP contribution in [0.4, 0.5) is 5.82 Å². The number of ether oxygens (including phenoxy) is 1. The van der Waals surface area contributed by atoms with Crippen LogP contribution >= 0.6 is 11.3 Å². The average molecular weight is 471 g/mol. The van der Waals surface area contributed by atoms with Crippen LogP contribution in [-0.2, 0) is 4.79 Å². The Morgan fingerprint density at radius 3 is 2.68 bits per heavy atom. The summed E-state index contributed by atoms with van der Waals surface area (Å²) in [7, 11) is 0. The minimum Gasteiger partial charge on any atom is -0.457 e. The highest BCUT2D eigenvalue weighted by atomic mass is 32.1. The first-order chi connectivity index (χ1) is 16.6. The molecule has 2 aromatic heterocycles. The SMILES string of the molecule is C=C(C(=O)NC[C@H]1CCNC1)c1cnc(N)c2c(-c3ccc(Oc4ccccc4)cc3)csc12. The van der Waals surface area contributed by atoms with Crippen molar-refractivity contribution in [2.24, 2.45) is 5.92 Å². The summed E-state index contributed by atoms with van der Waals surface area (Å²) in [4.78, 5) is 17.2. The summed E-state index contributed by atoms with van der Waals surface area (Å²) >= 11 is 1.54. The molecule has 7 heteroatoms. The van der Waals surface area contributed by atoms with Crippen LogP contribution in [0.2, 0.25) is 0 Å². The number of carbonyl (C=O) groups excluding carboxylic acids is 1. The quantitative estimate of drug-likeness (QED) is 0.328. The molecule has 1 fully saturated rings. The third kappa shape index (κ3) is 4.53. The molecule has 1 aliphatic rings. The van der Waals surface area contributed by atoms with Gasteiger partial charge in [-0.05, 0) is 60.6 Å². The van der Waals surface area contributed by atoms with Crippen molar-refractivity contribution in [3.8, 4) is 22.6 Å². The van der Waals surface area contributed by atoms with Gasteiger partial charge in [-0.1, -0.05) is 36.9 Å². The molecule has 4 aromatic rings. The second kappa shape index (κ2) is 9.67. The predicted molar refractivity (Wildman–Crippen MR) is 139 cm³/mol. The number of nitrogens with two attached hydrogens (primary N) is 1. The van der Waals surface area contributed by atoms with Gasteiger partial charge in [-0.3, -0.25) is 4.79 Å². The van der Waals surface area contributed by atoms with Gasteiger partial charge in [0.05, 0.1) is 0 Å². The molecule has 3 heterocycles. The summed E-state index contributed by atoms with van der Waals surface area (Å²) in [5.74, 6) is 2.27. The van der Waals surface area contributed by atoms with E-state index >= 15 is 0 Å². The van der Waals surface area contributed by atoms with Crippen LogP contribution in [-0.4, -0.2) is 30.5 Å². The maximum absolute atomic E-state index is 12.8. The van der Waals surface area contributed by atoms with Crippen LogP contribution in [0.1, 0.15) is 12.0 Å². The van der Waals surface area contributed by atoms with Gasteiger partial charge in [0, 0.05) is 39.5 Å². The second-order valence-electron chi connectivity index (χ2n) is 8.40. The molecule has 1 atom stereocenters. The summed E-state index contributed by atoms with van der Waals surface area (Å²) in [5, 5.41) is 9.23. The number of nitrogens with one attached hydrogen (secondary N) is 2. The molecule has 0 saturated carbocycles. The van der Waals surface area contributed by atoms with Crippen LogP contribution in [0.15, 0.2) is 72.8 Å². The first kappa shape index (κ1) is 22.1. The number of hydrogen-bond acceptors (Lipinski definition) is 6. The Bertz CT molecular complexity index is 1330. The lowest BCUT2D eigenvalue weighted by Crippen LogP contribution is -2.30. The summed E-state index contributed by atoms with van der Waals surface area (Å²) in [6.07, 6.45) is 2.72. The van der Waals surface area contributed by atoms with E-state index in [9.17, 15) is 4.79 Å². The molecule has 0 radical (unpaired) electrons. The van der Waals surface area contributed by atoms with Gasteiger partial charge in [0.2, 0.25) is 0 Å². The number of rotatable bonds is 7. The number of carbonyl (C=O) groups is 1. The van der Waals surface area contributed by atoms with Gasteiger partial charge in [0.25, 0.3) is 5.91 Å². The molecule has 5 rings (SSSR count). The van der Waals surface area contributed by atoms with E-state index in [1.165, 1.54) is 0 Å². The summed E-state index contributed by atoms with van der Waals surface area (Å²) in [6, 6.07) is 17.5. The molecule has 172 valence electrons. The van der Waals surface area contributed by atoms with Gasteiger partial charge in [-0.15, -0.1) is 11.3 Å². The van der Waals surface area contributed by atoms with Gasteiger partial charge >= 0.3 is 0 Å². The van der Waals surface area contributed by atoms with Crippen molar-refractivity contribution >= 4 is 38.7 Å². The second-order valence-corrected chi connectivity index (χ2v) is 9.28. The number of thiophene rings is 1. The van der Waals surface area contributed by atoms with E-state index in [-0.39, 0.29) is 5.91 Å². The van der Waals surface area contributed by atoms with E-state index < -0.39 is 0 Å². The minimum absolute atomic E-state index is 0.169. The van der Waals surface area contributed by atoms with E-state index in [1.54, 1.807) is 17.5 Å². The third-order valence-corrected chi connectivity index (χ3v) is 7.09. The monoisotopic (exact) mass is 470 g/mol. The molecule has 2 aromatic carbocycles. The van der Waals surface area contributed by atoms with Crippen molar-refractivity contribution in [1.82, 2.24) is 15.6 Å². The van der Waals surface area contributed by atoms with E-state index in [2.05, 4.69) is 27.6 Å². The maximum Gasteiger partial charge on any atom is 0.251 e. The van der Waals surface area contributed by atoms with E-state index in [0.29, 0.717) is 29.4 Å². The van der Waals surface area contributed by atoms with Crippen molar-refractivity contribution < 1.29 is 9.53 Å². The standard InChI is InChI=1S/C27H26N4O2S/c1-17(27(32)31-14-18-11-12-29-13-18)22-15-30-26(28)24-23(16-34-25(22)24)19-7-9-21(10-8-19)33-20-5-3-2-4-6-20/h2-10,15-16,18,29H,1,11-14H2,(H2,28,30)(H,31,32)/t18-/m0/s1. The normalized spacial score (nSPS) is 15.4. The molecular weight excluding hydrogens is 444 g/mol. The molecule has 0 spiro atoms. The van der Waals surface area contributed by atoms with Gasteiger partial charge in [0.1, 0.15) is 17.3 Å². The fraction of sp³-hybridized carbons (Fsp3) is 0.185. The Morgan fingerprint density at radius 1 is 1.18 bits per heavy atom. The average Bonchev–Trinajstić information content (AvgIpc) is 3.54. The van der Waals surface area contributed by atoms with Gasteiger partial charge in [-0.25, -0.2) is 4.98 Å². The van der Waals surface area contributed by atoms with E-state index in [0.717, 1.165) is 52.2 Å². The number of pyridine rings is 1. The molecule has 1 saturated heterocycles. The Balaban J connectivity index is 1.39. The predicted octanol–water partition coefficient (Wildman–Crippen LogP) is 5.08. The Hall–Kier alpha value is -3.68. The minimum atomic E-state index is -0.169. The molecule has 34 heavy (non-hydrogen) atoms. The molecule has 1 aliphatic heterocycles. The number of para-hydroxylation sites is 1.